The van der Waals surface area contributed by atoms with Crippen LogP contribution in [0.1, 0.15) is 20.8 Å². The lowest BCUT2D eigenvalue weighted by Gasteiger charge is -2.32. The first kappa shape index (κ1) is 9.00. The van der Waals surface area contributed by atoms with E-state index in [0.29, 0.717) is 0 Å². The fourth-order valence-corrected chi connectivity index (χ4v) is 2.26. The minimum Gasteiger partial charge on any atom is -0.371 e. The fraction of sp³-hybridized carbons (Fsp3) is 1.00. The molecule has 1 rings (SSSR count). The average molecular weight is 178 g/mol. The fourth-order valence-electron chi connectivity index (χ4n) is 1.09. The number of hydrogen-bond donors (Lipinski definition) is 0. The summed E-state index contributed by atoms with van der Waals surface area (Å²) in [7, 11) is -2.73. The molecule has 0 aliphatic carbocycles. The summed E-state index contributed by atoms with van der Waals surface area (Å²) < 4.78 is 26.8. The zero-order valence-corrected chi connectivity index (χ0v) is 7.94. The molecule has 1 fully saturated rings. The molecule has 0 atom stereocenters. The van der Waals surface area contributed by atoms with E-state index in [4.69, 9.17) is 4.74 Å². The van der Waals surface area contributed by atoms with Gasteiger partial charge in [-0.05, 0) is 20.8 Å². The number of ether oxygens (including phenoxy) is 1. The second-order valence-corrected chi connectivity index (χ2v) is 6.08. The van der Waals surface area contributed by atoms with Crippen LogP contribution in [-0.4, -0.2) is 31.6 Å². The minimum atomic E-state index is -2.73. The van der Waals surface area contributed by atoms with Gasteiger partial charge >= 0.3 is 0 Å². The van der Waals surface area contributed by atoms with E-state index in [1.165, 1.54) is 0 Å². The van der Waals surface area contributed by atoms with E-state index in [1.54, 1.807) is 0 Å². The zero-order chi connectivity index (χ0) is 8.70. The van der Waals surface area contributed by atoms with Crippen molar-refractivity contribution < 1.29 is 13.2 Å². The summed E-state index contributed by atoms with van der Waals surface area (Å²) in [6, 6.07) is 0. The first-order valence-corrected chi connectivity index (χ1v) is 5.49. The predicted molar refractivity (Wildman–Crippen MR) is 43.3 cm³/mol. The standard InChI is InChI=1S/C7H14O3S/c1-7(2,3)10-6-4-11(8,9)5-6/h6H,4-5H2,1-3H3. The number of hydrogen-bond acceptors (Lipinski definition) is 3. The summed E-state index contributed by atoms with van der Waals surface area (Å²) >= 11 is 0. The van der Waals surface area contributed by atoms with E-state index in [9.17, 15) is 8.42 Å². The van der Waals surface area contributed by atoms with E-state index < -0.39 is 9.84 Å². The predicted octanol–water partition coefficient (Wildman–Crippen LogP) is 0.599. The Labute approximate surface area is 67.7 Å². The average Bonchev–Trinajstić information content (AvgIpc) is 1.53. The van der Waals surface area contributed by atoms with Gasteiger partial charge in [-0.15, -0.1) is 0 Å². The van der Waals surface area contributed by atoms with Gasteiger partial charge < -0.3 is 4.74 Å². The van der Waals surface area contributed by atoms with Crippen LogP contribution in [0.4, 0.5) is 0 Å². The van der Waals surface area contributed by atoms with Gasteiger partial charge in [-0.3, -0.25) is 0 Å². The first-order chi connectivity index (χ1) is 4.79. The molecule has 0 unspecified atom stereocenters. The number of sulfone groups is 1. The van der Waals surface area contributed by atoms with Crippen LogP contribution in [0.2, 0.25) is 0 Å². The Morgan fingerprint density at radius 2 is 1.73 bits per heavy atom. The van der Waals surface area contributed by atoms with Crippen molar-refractivity contribution in [2.75, 3.05) is 11.5 Å². The molecule has 66 valence electrons. The largest absolute Gasteiger partial charge is 0.371 e. The van der Waals surface area contributed by atoms with Crippen LogP contribution in [0.15, 0.2) is 0 Å². The SMILES string of the molecule is CC(C)(C)OC1CS(=O)(=O)C1. The Balaban J connectivity index is 2.36. The maximum Gasteiger partial charge on any atom is 0.155 e. The van der Waals surface area contributed by atoms with Crippen molar-refractivity contribution in [2.45, 2.75) is 32.5 Å². The lowest BCUT2D eigenvalue weighted by molar-refractivity contribution is -0.0454. The third kappa shape index (κ3) is 2.79. The highest BCUT2D eigenvalue weighted by Gasteiger charge is 2.36. The van der Waals surface area contributed by atoms with Gasteiger partial charge in [-0.1, -0.05) is 0 Å². The van der Waals surface area contributed by atoms with Gasteiger partial charge in [0.25, 0.3) is 0 Å². The smallest absolute Gasteiger partial charge is 0.155 e. The molecule has 0 bridgehead atoms. The third-order valence-corrected chi connectivity index (χ3v) is 3.16. The molecule has 0 saturated carbocycles. The first-order valence-electron chi connectivity index (χ1n) is 3.67. The summed E-state index contributed by atoms with van der Waals surface area (Å²) in [6.45, 7) is 5.79. The molecule has 0 spiro atoms. The summed E-state index contributed by atoms with van der Waals surface area (Å²) in [5.74, 6) is 0.397. The van der Waals surface area contributed by atoms with E-state index in [-0.39, 0.29) is 23.2 Å². The van der Waals surface area contributed by atoms with Crippen LogP contribution in [0, 0.1) is 0 Å². The van der Waals surface area contributed by atoms with Gasteiger partial charge in [-0.2, -0.15) is 0 Å². The van der Waals surface area contributed by atoms with Crippen molar-refractivity contribution in [1.82, 2.24) is 0 Å². The summed E-state index contributed by atoms with van der Waals surface area (Å²) in [5.41, 5.74) is -0.222. The van der Waals surface area contributed by atoms with Crippen molar-refractivity contribution in [3.8, 4) is 0 Å². The summed E-state index contributed by atoms with van der Waals surface area (Å²) in [5, 5.41) is 0. The Hall–Kier alpha value is -0.0900. The van der Waals surface area contributed by atoms with Gasteiger partial charge in [0, 0.05) is 0 Å². The van der Waals surface area contributed by atoms with Crippen LogP contribution in [0.5, 0.6) is 0 Å². The number of rotatable bonds is 1. The van der Waals surface area contributed by atoms with Crippen LogP contribution < -0.4 is 0 Å². The second kappa shape index (κ2) is 2.45. The van der Waals surface area contributed by atoms with Crippen molar-refractivity contribution >= 4 is 9.84 Å². The highest BCUT2D eigenvalue weighted by Crippen LogP contribution is 2.20. The Bertz CT molecular complexity index is 223. The zero-order valence-electron chi connectivity index (χ0n) is 7.12. The molecule has 1 aliphatic rings. The molecule has 11 heavy (non-hydrogen) atoms. The van der Waals surface area contributed by atoms with Crippen molar-refractivity contribution in [1.29, 1.82) is 0 Å². The van der Waals surface area contributed by atoms with Gasteiger partial charge in [-0.25, -0.2) is 8.42 Å². The van der Waals surface area contributed by atoms with Gasteiger partial charge in [0.2, 0.25) is 0 Å². The topological polar surface area (TPSA) is 43.4 Å². The highest BCUT2D eigenvalue weighted by atomic mass is 32.2. The molecule has 0 aromatic rings. The maximum atomic E-state index is 10.7. The van der Waals surface area contributed by atoms with E-state index in [1.807, 2.05) is 20.8 Å². The molecule has 0 radical (unpaired) electrons. The minimum absolute atomic E-state index is 0.0694. The van der Waals surface area contributed by atoms with E-state index in [0.717, 1.165) is 0 Å². The Morgan fingerprint density at radius 3 is 2.00 bits per heavy atom. The summed E-state index contributed by atoms with van der Waals surface area (Å²) in [4.78, 5) is 0. The van der Waals surface area contributed by atoms with E-state index in [2.05, 4.69) is 0 Å². The molecule has 1 aliphatic heterocycles. The summed E-state index contributed by atoms with van der Waals surface area (Å²) in [6.07, 6.45) is -0.0694. The van der Waals surface area contributed by atoms with Crippen LogP contribution in [0.25, 0.3) is 0 Å². The van der Waals surface area contributed by atoms with Crippen LogP contribution in [-0.2, 0) is 14.6 Å². The molecular formula is C7H14O3S. The second-order valence-electron chi connectivity index (χ2n) is 3.93. The monoisotopic (exact) mass is 178 g/mol. The van der Waals surface area contributed by atoms with Gasteiger partial charge in [0.05, 0.1) is 23.2 Å². The van der Waals surface area contributed by atoms with E-state index >= 15 is 0 Å². The Morgan fingerprint density at radius 1 is 1.27 bits per heavy atom. The normalized spacial score (nSPS) is 24.6. The van der Waals surface area contributed by atoms with Crippen LogP contribution >= 0.6 is 0 Å². The lowest BCUT2D eigenvalue weighted by Crippen LogP contribution is -2.46. The van der Waals surface area contributed by atoms with Crippen molar-refractivity contribution in [3.63, 3.8) is 0 Å². The van der Waals surface area contributed by atoms with Crippen LogP contribution in [0.3, 0.4) is 0 Å². The Kier molecular flexibility index (Phi) is 2.01. The molecule has 0 N–H and O–H groups in total. The molecule has 0 aromatic heterocycles. The van der Waals surface area contributed by atoms with Crippen molar-refractivity contribution in [3.05, 3.63) is 0 Å². The molecule has 0 aromatic carbocycles. The maximum absolute atomic E-state index is 10.7. The van der Waals surface area contributed by atoms with Crippen molar-refractivity contribution in [2.24, 2.45) is 0 Å². The quantitative estimate of drug-likeness (QED) is 0.590. The molecule has 0 amide bonds. The van der Waals surface area contributed by atoms with Gasteiger partial charge in [0.15, 0.2) is 9.84 Å². The lowest BCUT2D eigenvalue weighted by atomic mass is 10.2. The molecular weight excluding hydrogens is 164 g/mol. The molecule has 1 heterocycles. The highest BCUT2D eigenvalue weighted by molar-refractivity contribution is 7.92. The molecule has 1 saturated heterocycles. The van der Waals surface area contributed by atoms with Gasteiger partial charge in [0.1, 0.15) is 0 Å². The molecule has 4 heteroatoms. The third-order valence-electron chi connectivity index (χ3n) is 1.40. The molecule has 3 nitrogen and oxygen atoms in total.